The predicted molar refractivity (Wildman–Crippen MR) is 94.6 cm³/mol. The van der Waals surface area contributed by atoms with Crippen molar-refractivity contribution in [1.29, 1.82) is 0 Å². The number of rotatable bonds is 4. The number of hydrogen-bond donors (Lipinski definition) is 1. The summed E-state index contributed by atoms with van der Waals surface area (Å²) < 4.78 is 26.4. The quantitative estimate of drug-likeness (QED) is 0.753. The van der Waals surface area contributed by atoms with Gasteiger partial charge < -0.3 is 10.2 Å². The van der Waals surface area contributed by atoms with E-state index < -0.39 is 11.6 Å². The van der Waals surface area contributed by atoms with Gasteiger partial charge in [0.2, 0.25) is 0 Å². The van der Waals surface area contributed by atoms with E-state index in [9.17, 15) is 13.6 Å². The largest absolute Gasteiger partial charge is 0.322 e. The molecule has 0 atom stereocenters. The summed E-state index contributed by atoms with van der Waals surface area (Å²) in [5.41, 5.74) is 1.09. The summed E-state index contributed by atoms with van der Waals surface area (Å²) in [6, 6.07) is 10.5. The van der Waals surface area contributed by atoms with Crippen molar-refractivity contribution in [2.45, 2.75) is 38.3 Å². The fourth-order valence-corrected chi connectivity index (χ4v) is 3.36. The summed E-state index contributed by atoms with van der Waals surface area (Å²) in [7, 11) is 0. The van der Waals surface area contributed by atoms with Crippen LogP contribution in [0.5, 0.6) is 0 Å². The van der Waals surface area contributed by atoms with Crippen molar-refractivity contribution >= 4 is 23.3 Å². The summed E-state index contributed by atoms with van der Waals surface area (Å²) >= 11 is 6.23. The molecule has 0 aromatic heterocycles. The van der Waals surface area contributed by atoms with Gasteiger partial charge in [-0.2, -0.15) is 0 Å². The van der Waals surface area contributed by atoms with E-state index in [4.69, 9.17) is 11.6 Å². The molecule has 2 aromatic rings. The zero-order valence-electron chi connectivity index (χ0n) is 13.6. The van der Waals surface area contributed by atoms with E-state index in [1.807, 2.05) is 18.2 Å². The van der Waals surface area contributed by atoms with E-state index in [2.05, 4.69) is 5.32 Å². The fourth-order valence-electron chi connectivity index (χ4n) is 3.16. The van der Waals surface area contributed by atoms with Crippen molar-refractivity contribution in [2.24, 2.45) is 0 Å². The Bertz CT molecular complexity index is 763. The summed E-state index contributed by atoms with van der Waals surface area (Å²) in [5.74, 6) is -1.93. The van der Waals surface area contributed by atoms with Gasteiger partial charge in [-0.3, -0.25) is 0 Å². The van der Waals surface area contributed by atoms with E-state index in [1.165, 1.54) is 6.07 Å². The van der Waals surface area contributed by atoms with Gasteiger partial charge in [-0.15, -0.1) is 0 Å². The minimum Gasteiger partial charge on any atom is -0.317 e. The third-order valence-corrected chi connectivity index (χ3v) is 4.86. The molecule has 0 heterocycles. The first-order valence-corrected chi connectivity index (χ1v) is 8.68. The first-order valence-electron chi connectivity index (χ1n) is 8.30. The van der Waals surface area contributed by atoms with Crippen molar-refractivity contribution < 1.29 is 13.6 Å². The van der Waals surface area contributed by atoms with Gasteiger partial charge in [-0.25, -0.2) is 13.6 Å². The highest BCUT2D eigenvalue weighted by Crippen LogP contribution is 2.27. The summed E-state index contributed by atoms with van der Waals surface area (Å²) in [5, 5.41) is 3.27. The molecule has 0 spiro atoms. The maximum Gasteiger partial charge on any atom is 0.322 e. The van der Waals surface area contributed by atoms with E-state index in [0.29, 0.717) is 11.6 Å². The number of halogens is 3. The van der Waals surface area contributed by atoms with Gasteiger partial charge in [0.1, 0.15) is 0 Å². The number of carbonyl (C=O) groups excluding carboxylic acids is 1. The standard InChI is InChI=1S/C19H19ClF2N2O/c20-16-8-4-1-5-13(16)12-24(15-6-2-3-7-15)19(25)23-14-9-10-17(21)18(22)11-14/h1,4-5,8-11,15H,2-3,6-7,12H2,(H,23,25). The lowest BCUT2D eigenvalue weighted by Gasteiger charge is -2.29. The van der Waals surface area contributed by atoms with Crippen molar-refractivity contribution in [3.63, 3.8) is 0 Å². The minimum absolute atomic E-state index is 0.113. The van der Waals surface area contributed by atoms with E-state index in [-0.39, 0.29) is 17.8 Å². The number of nitrogens with one attached hydrogen (secondary N) is 1. The summed E-state index contributed by atoms with van der Waals surface area (Å²) in [6.45, 7) is 0.375. The monoisotopic (exact) mass is 364 g/mol. The van der Waals surface area contributed by atoms with Gasteiger partial charge in [0.05, 0.1) is 0 Å². The Balaban J connectivity index is 1.79. The zero-order chi connectivity index (χ0) is 17.8. The van der Waals surface area contributed by atoms with Gasteiger partial charge in [-0.1, -0.05) is 42.6 Å². The second-order valence-corrected chi connectivity index (χ2v) is 6.62. The third kappa shape index (κ3) is 4.28. The molecule has 2 amide bonds. The SMILES string of the molecule is O=C(Nc1ccc(F)c(F)c1)N(Cc1ccccc1Cl)C1CCCC1. The van der Waals surface area contributed by atoms with Gasteiger partial charge in [0, 0.05) is 29.4 Å². The van der Waals surface area contributed by atoms with Crippen LogP contribution < -0.4 is 5.32 Å². The third-order valence-electron chi connectivity index (χ3n) is 4.50. The molecule has 132 valence electrons. The van der Waals surface area contributed by atoms with Crippen LogP contribution in [0.15, 0.2) is 42.5 Å². The Morgan fingerprint density at radius 3 is 2.52 bits per heavy atom. The number of hydrogen-bond acceptors (Lipinski definition) is 1. The molecular weight excluding hydrogens is 346 g/mol. The van der Waals surface area contributed by atoms with Crippen LogP contribution in [0.25, 0.3) is 0 Å². The maximum absolute atomic E-state index is 13.4. The average Bonchev–Trinajstić information content (AvgIpc) is 3.11. The van der Waals surface area contributed by atoms with Crippen LogP contribution in [0.4, 0.5) is 19.3 Å². The van der Waals surface area contributed by atoms with Gasteiger partial charge >= 0.3 is 6.03 Å². The molecule has 1 fully saturated rings. The summed E-state index contributed by atoms with van der Waals surface area (Å²) in [6.07, 6.45) is 4.00. The number of benzene rings is 2. The smallest absolute Gasteiger partial charge is 0.317 e. The number of amides is 2. The van der Waals surface area contributed by atoms with Crippen molar-refractivity contribution in [3.8, 4) is 0 Å². The predicted octanol–water partition coefficient (Wildman–Crippen LogP) is 5.59. The number of carbonyl (C=O) groups is 1. The molecule has 1 aliphatic carbocycles. The van der Waals surface area contributed by atoms with Crippen molar-refractivity contribution in [2.75, 3.05) is 5.32 Å². The normalized spacial score (nSPS) is 14.5. The Morgan fingerprint density at radius 1 is 1.12 bits per heavy atom. The number of urea groups is 1. The molecule has 6 heteroatoms. The molecule has 1 aliphatic rings. The molecule has 1 saturated carbocycles. The second-order valence-electron chi connectivity index (χ2n) is 6.22. The molecule has 0 unspecified atom stereocenters. The molecule has 25 heavy (non-hydrogen) atoms. The van der Waals surface area contributed by atoms with Crippen molar-refractivity contribution in [1.82, 2.24) is 4.90 Å². The highest BCUT2D eigenvalue weighted by molar-refractivity contribution is 6.31. The molecule has 0 bridgehead atoms. The topological polar surface area (TPSA) is 32.3 Å². The van der Waals surface area contributed by atoms with Gasteiger partial charge in [0.25, 0.3) is 0 Å². The van der Waals surface area contributed by atoms with Gasteiger partial charge in [0.15, 0.2) is 11.6 Å². The summed E-state index contributed by atoms with van der Waals surface area (Å²) in [4.78, 5) is 14.5. The first-order chi connectivity index (χ1) is 12.0. The van der Waals surface area contributed by atoms with Crippen LogP contribution in [0.1, 0.15) is 31.2 Å². The van der Waals surface area contributed by atoms with Crippen molar-refractivity contribution in [3.05, 3.63) is 64.7 Å². The van der Waals surface area contributed by atoms with Crippen LogP contribution >= 0.6 is 11.6 Å². The molecule has 2 aromatic carbocycles. The van der Waals surface area contributed by atoms with Crippen LogP contribution in [-0.2, 0) is 6.54 Å². The lowest BCUT2D eigenvalue weighted by molar-refractivity contribution is 0.184. The Kier molecular flexibility index (Phi) is 5.53. The lowest BCUT2D eigenvalue weighted by atomic mass is 10.1. The van der Waals surface area contributed by atoms with E-state index in [1.54, 1.807) is 11.0 Å². The average molecular weight is 365 g/mol. The van der Waals surface area contributed by atoms with Crippen LogP contribution in [0.3, 0.4) is 0 Å². The highest BCUT2D eigenvalue weighted by Gasteiger charge is 2.27. The Hall–Kier alpha value is -2.14. The van der Waals surface area contributed by atoms with Crippen LogP contribution in [0, 0.1) is 11.6 Å². The molecule has 0 saturated heterocycles. The van der Waals surface area contributed by atoms with Crippen LogP contribution in [-0.4, -0.2) is 17.0 Å². The molecule has 0 aliphatic heterocycles. The molecule has 3 nitrogen and oxygen atoms in total. The minimum atomic E-state index is -0.990. The molecule has 1 N–H and O–H groups in total. The zero-order valence-corrected chi connectivity index (χ0v) is 14.4. The maximum atomic E-state index is 13.4. The lowest BCUT2D eigenvalue weighted by Crippen LogP contribution is -2.41. The molecule has 0 radical (unpaired) electrons. The number of anilines is 1. The molecule has 3 rings (SSSR count). The van der Waals surface area contributed by atoms with E-state index >= 15 is 0 Å². The Morgan fingerprint density at radius 2 is 1.84 bits per heavy atom. The Labute approximate surface area is 150 Å². The van der Waals surface area contributed by atoms with E-state index in [0.717, 1.165) is 43.4 Å². The fraction of sp³-hybridized carbons (Fsp3) is 0.316. The van der Waals surface area contributed by atoms with Crippen LogP contribution in [0.2, 0.25) is 5.02 Å². The van der Waals surface area contributed by atoms with Gasteiger partial charge in [-0.05, 0) is 36.6 Å². The first kappa shape index (κ1) is 17.7. The second kappa shape index (κ2) is 7.83. The highest BCUT2D eigenvalue weighted by atomic mass is 35.5. The molecular formula is C19H19ClF2N2O. The number of nitrogens with zero attached hydrogens (tertiary/aromatic N) is 1.